The largest absolute Gasteiger partial charge is 0.479 e. The van der Waals surface area contributed by atoms with E-state index in [1.54, 1.807) is 30.3 Å². The maximum Gasteiger partial charge on any atom is 0.330 e. The van der Waals surface area contributed by atoms with Crippen LogP contribution in [0.2, 0.25) is 0 Å². The third-order valence-electron chi connectivity index (χ3n) is 3.28. The highest BCUT2D eigenvalue weighted by Crippen LogP contribution is 2.17. The number of piperidine rings is 1. The minimum atomic E-state index is -1.12. The summed E-state index contributed by atoms with van der Waals surface area (Å²) in [5.41, 5.74) is 0.508. The molecule has 1 saturated heterocycles. The number of carboxylic acid groups (broad SMARTS) is 1. The van der Waals surface area contributed by atoms with Crippen LogP contribution in [0.1, 0.15) is 24.4 Å². The van der Waals surface area contributed by atoms with Gasteiger partial charge in [-0.2, -0.15) is 0 Å². The summed E-state index contributed by atoms with van der Waals surface area (Å²) >= 11 is 0. The highest BCUT2D eigenvalue weighted by molar-refractivity contribution is 5.89. The number of aliphatic carboxylic acids is 1. The Morgan fingerprint density at radius 1 is 1.30 bits per heavy atom. The van der Waals surface area contributed by atoms with Gasteiger partial charge in [0, 0.05) is 18.9 Å². The van der Waals surface area contributed by atoms with Crippen LogP contribution in [0.5, 0.6) is 0 Å². The van der Waals surface area contributed by atoms with Crippen molar-refractivity contribution >= 4 is 17.8 Å². The fourth-order valence-corrected chi connectivity index (χ4v) is 2.20. The molecule has 1 aliphatic heterocycles. The summed E-state index contributed by atoms with van der Waals surface area (Å²) in [6.07, 6.45) is 0.631. The minimum absolute atomic E-state index is 0.104. The van der Waals surface area contributed by atoms with Crippen molar-refractivity contribution in [1.29, 1.82) is 0 Å². The molecule has 0 radical (unpaired) electrons. The number of hydrogen-bond donors (Lipinski definition) is 3. The summed E-state index contributed by atoms with van der Waals surface area (Å²) in [4.78, 5) is 34.6. The predicted octanol–water partition coefficient (Wildman–Crippen LogP) is 0.455. The molecular formula is C14H16N2O4. The Bertz CT molecular complexity index is 515. The Balaban J connectivity index is 2.07. The van der Waals surface area contributed by atoms with Crippen molar-refractivity contribution < 1.29 is 19.5 Å². The zero-order valence-electron chi connectivity index (χ0n) is 10.8. The van der Waals surface area contributed by atoms with Crippen molar-refractivity contribution in [3.8, 4) is 0 Å². The molecular weight excluding hydrogens is 260 g/mol. The Morgan fingerprint density at radius 3 is 2.60 bits per heavy atom. The van der Waals surface area contributed by atoms with E-state index in [9.17, 15) is 19.5 Å². The number of carbonyl (C=O) groups excluding carboxylic acids is 2. The van der Waals surface area contributed by atoms with Gasteiger partial charge in [-0.25, -0.2) is 4.79 Å². The van der Waals surface area contributed by atoms with Crippen LogP contribution in [0.15, 0.2) is 30.3 Å². The number of benzene rings is 1. The topological polar surface area (TPSA) is 95.5 Å². The van der Waals surface area contributed by atoms with Crippen molar-refractivity contribution in [3.63, 3.8) is 0 Å². The highest BCUT2D eigenvalue weighted by Gasteiger charge is 2.29. The molecule has 2 amide bonds. The standard InChI is InChI=1S/C14H16N2O4/c17-11-8-10(6-7-15-11)13(18)16-12(14(19)20)9-4-2-1-3-5-9/h1-5,10,12H,6-8H2,(H,15,17)(H,16,18)(H,19,20)/t10?,12-/m1/s1. The third kappa shape index (κ3) is 3.34. The normalized spacial score (nSPS) is 19.8. The molecule has 6 nitrogen and oxygen atoms in total. The van der Waals surface area contributed by atoms with Gasteiger partial charge in [-0.1, -0.05) is 30.3 Å². The number of carboxylic acids is 1. The molecule has 0 saturated carbocycles. The Labute approximate surface area is 116 Å². The summed E-state index contributed by atoms with van der Waals surface area (Å²) in [6.45, 7) is 0.444. The lowest BCUT2D eigenvalue weighted by Gasteiger charge is -2.23. The molecule has 20 heavy (non-hydrogen) atoms. The molecule has 1 heterocycles. The van der Waals surface area contributed by atoms with Gasteiger partial charge in [0.05, 0.1) is 0 Å². The maximum absolute atomic E-state index is 12.1. The first-order chi connectivity index (χ1) is 9.58. The second kappa shape index (κ2) is 6.18. The van der Waals surface area contributed by atoms with Gasteiger partial charge >= 0.3 is 5.97 Å². The van der Waals surface area contributed by atoms with Crippen LogP contribution < -0.4 is 10.6 Å². The average molecular weight is 276 g/mol. The molecule has 6 heteroatoms. The second-order valence-electron chi connectivity index (χ2n) is 4.73. The van der Waals surface area contributed by atoms with Crippen LogP contribution >= 0.6 is 0 Å². The molecule has 1 unspecified atom stereocenters. The number of rotatable bonds is 4. The summed E-state index contributed by atoms with van der Waals surface area (Å²) < 4.78 is 0. The van der Waals surface area contributed by atoms with Gasteiger partial charge in [0.2, 0.25) is 11.8 Å². The van der Waals surface area contributed by atoms with E-state index in [1.807, 2.05) is 0 Å². The van der Waals surface area contributed by atoms with E-state index in [-0.39, 0.29) is 12.3 Å². The van der Waals surface area contributed by atoms with E-state index < -0.39 is 23.8 Å². The molecule has 0 aromatic heterocycles. The van der Waals surface area contributed by atoms with Crippen LogP contribution in [0.4, 0.5) is 0 Å². The van der Waals surface area contributed by atoms with Crippen LogP contribution in [-0.4, -0.2) is 29.4 Å². The number of carbonyl (C=O) groups is 3. The quantitative estimate of drug-likeness (QED) is 0.744. The summed E-state index contributed by atoms with van der Waals surface area (Å²) in [7, 11) is 0. The Morgan fingerprint density at radius 2 is 2.00 bits per heavy atom. The Hall–Kier alpha value is -2.37. The van der Waals surface area contributed by atoms with Crippen LogP contribution in [0.3, 0.4) is 0 Å². The van der Waals surface area contributed by atoms with Gasteiger partial charge < -0.3 is 15.7 Å². The molecule has 3 N–H and O–H groups in total. The van der Waals surface area contributed by atoms with E-state index in [0.717, 1.165) is 0 Å². The van der Waals surface area contributed by atoms with Crippen molar-refractivity contribution in [3.05, 3.63) is 35.9 Å². The molecule has 1 aromatic carbocycles. The lowest BCUT2D eigenvalue weighted by Crippen LogP contribution is -2.43. The van der Waals surface area contributed by atoms with E-state index in [2.05, 4.69) is 10.6 Å². The van der Waals surface area contributed by atoms with Crippen LogP contribution in [0.25, 0.3) is 0 Å². The Kier molecular flexibility index (Phi) is 4.34. The highest BCUT2D eigenvalue weighted by atomic mass is 16.4. The molecule has 1 aromatic rings. The van der Waals surface area contributed by atoms with Gasteiger partial charge in [-0.15, -0.1) is 0 Å². The van der Waals surface area contributed by atoms with Crippen LogP contribution in [-0.2, 0) is 14.4 Å². The number of hydrogen-bond acceptors (Lipinski definition) is 3. The minimum Gasteiger partial charge on any atom is -0.479 e. The van der Waals surface area contributed by atoms with E-state index >= 15 is 0 Å². The summed E-state index contributed by atoms with van der Waals surface area (Å²) in [5.74, 6) is -2.15. The first-order valence-electron chi connectivity index (χ1n) is 6.42. The van der Waals surface area contributed by atoms with E-state index in [4.69, 9.17) is 0 Å². The van der Waals surface area contributed by atoms with E-state index in [1.165, 1.54) is 0 Å². The number of amides is 2. The average Bonchev–Trinajstić information content (AvgIpc) is 2.45. The van der Waals surface area contributed by atoms with Crippen molar-refractivity contribution in [1.82, 2.24) is 10.6 Å². The fourth-order valence-electron chi connectivity index (χ4n) is 2.20. The van der Waals surface area contributed by atoms with E-state index in [0.29, 0.717) is 18.5 Å². The molecule has 106 valence electrons. The molecule has 0 bridgehead atoms. The molecule has 0 aliphatic carbocycles. The SMILES string of the molecule is O=C1CC(C(=O)N[C@@H](C(=O)O)c2ccccc2)CCN1. The molecule has 1 fully saturated rings. The fraction of sp³-hybridized carbons (Fsp3) is 0.357. The third-order valence-corrected chi connectivity index (χ3v) is 3.28. The zero-order valence-corrected chi connectivity index (χ0v) is 10.8. The van der Waals surface area contributed by atoms with Crippen LogP contribution in [0, 0.1) is 5.92 Å². The van der Waals surface area contributed by atoms with Gasteiger partial charge in [-0.3, -0.25) is 9.59 Å². The smallest absolute Gasteiger partial charge is 0.330 e. The van der Waals surface area contributed by atoms with Gasteiger partial charge in [0.1, 0.15) is 0 Å². The molecule has 0 spiro atoms. The van der Waals surface area contributed by atoms with Crippen molar-refractivity contribution in [2.75, 3.05) is 6.54 Å². The summed E-state index contributed by atoms with van der Waals surface area (Å²) in [5, 5.41) is 14.4. The number of nitrogens with one attached hydrogen (secondary N) is 2. The predicted molar refractivity (Wildman–Crippen MR) is 70.7 cm³/mol. The first kappa shape index (κ1) is 14.0. The molecule has 2 atom stereocenters. The van der Waals surface area contributed by atoms with Gasteiger partial charge in [0.15, 0.2) is 6.04 Å². The van der Waals surface area contributed by atoms with Crippen molar-refractivity contribution in [2.45, 2.75) is 18.9 Å². The lowest BCUT2D eigenvalue weighted by molar-refractivity contribution is -0.143. The second-order valence-corrected chi connectivity index (χ2v) is 4.73. The maximum atomic E-state index is 12.1. The van der Waals surface area contributed by atoms with Gasteiger partial charge in [-0.05, 0) is 12.0 Å². The van der Waals surface area contributed by atoms with Crippen molar-refractivity contribution in [2.24, 2.45) is 5.92 Å². The zero-order chi connectivity index (χ0) is 14.5. The first-order valence-corrected chi connectivity index (χ1v) is 6.42. The molecule has 1 aliphatic rings. The monoisotopic (exact) mass is 276 g/mol. The van der Waals surface area contributed by atoms with Gasteiger partial charge in [0.25, 0.3) is 0 Å². The summed E-state index contributed by atoms with van der Waals surface area (Å²) in [6, 6.07) is 7.40. The molecule has 2 rings (SSSR count). The lowest BCUT2D eigenvalue weighted by atomic mass is 9.95.